The lowest BCUT2D eigenvalue weighted by Crippen LogP contribution is -2.39. The van der Waals surface area contributed by atoms with Crippen molar-refractivity contribution in [1.82, 2.24) is 10.6 Å². The fraction of sp³-hybridized carbons (Fsp3) is 0.611. The number of amides is 1. The summed E-state index contributed by atoms with van der Waals surface area (Å²) >= 11 is 0. The summed E-state index contributed by atoms with van der Waals surface area (Å²) in [7, 11) is 1.67. The van der Waals surface area contributed by atoms with E-state index >= 15 is 0 Å². The molecule has 128 valence electrons. The number of nitrogens with one attached hydrogen (secondary N) is 2. The molecule has 2 aliphatic rings. The van der Waals surface area contributed by atoms with Crippen LogP contribution in [0.5, 0.6) is 5.75 Å². The molecule has 2 unspecified atom stereocenters. The van der Waals surface area contributed by atoms with E-state index in [4.69, 9.17) is 4.74 Å². The molecule has 0 saturated carbocycles. The molecule has 2 bridgehead atoms. The number of benzene rings is 1. The molecule has 2 atom stereocenters. The first-order chi connectivity index (χ1) is 10.7. The average Bonchev–Trinajstić information content (AvgIpc) is 2.86. The van der Waals surface area contributed by atoms with E-state index in [1.807, 2.05) is 18.2 Å². The van der Waals surface area contributed by atoms with Crippen LogP contribution in [0, 0.1) is 5.92 Å². The van der Waals surface area contributed by atoms with Gasteiger partial charge in [-0.15, -0.1) is 12.4 Å². The molecule has 4 nitrogen and oxygen atoms in total. The Balaban J connectivity index is 0.00000192. The number of hydrogen-bond donors (Lipinski definition) is 2. The van der Waals surface area contributed by atoms with Crippen LogP contribution in [0.1, 0.15) is 37.7 Å². The molecule has 0 aliphatic carbocycles. The third-order valence-corrected chi connectivity index (χ3v) is 4.91. The van der Waals surface area contributed by atoms with Gasteiger partial charge >= 0.3 is 0 Å². The van der Waals surface area contributed by atoms with Crippen LogP contribution in [0.15, 0.2) is 24.3 Å². The fourth-order valence-electron chi connectivity index (χ4n) is 3.85. The molecular formula is C18H27ClN2O2. The molecule has 3 rings (SSSR count). The molecule has 23 heavy (non-hydrogen) atoms. The highest BCUT2D eigenvalue weighted by atomic mass is 35.5. The summed E-state index contributed by atoms with van der Waals surface area (Å²) in [6, 6.07) is 9.34. The Labute approximate surface area is 144 Å². The molecule has 2 N–H and O–H groups in total. The molecule has 2 fully saturated rings. The lowest BCUT2D eigenvalue weighted by molar-refractivity contribution is -0.122. The number of methoxy groups -OCH3 is 1. The first-order valence-corrected chi connectivity index (χ1v) is 8.38. The van der Waals surface area contributed by atoms with Gasteiger partial charge in [-0.1, -0.05) is 12.1 Å². The van der Waals surface area contributed by atoms with Crippen molar-refractivity contribution >= 4 is 18.3 Å². The van der Waals surface area contributed by atoms with Crippen LogP contribution in [0.3, 0.4) is 0 Å². The van der Waals surface area contributed by atoms with Crippen molar-refractivity contribution in [1.29, 1.82) is 0 Å². The Hall–Kier alpha value is -1.26. The summed E-state index contributed by atoms with van der Waals surface area (Å²) in [6.07, 6.45) is 6.45. The summed E-state index contributed by atoms with van der Waals surface area (Å²) < 4.78 is 5.22. The van der Waals surface area contributed by atoms with Crippen LogP contribution in [0.25, 0.3) is 0 Å². The van der Waals surface area contributed by atoms with Crippen molar-refractivity contribution in [2.24, 2.45) is 5.92 Å². The van der Waals surface area contributed by atoms with Gasteiger partial charge < -0.3 is 15.4 Å². The molecular weight excluding hydrogens is 312 g/mol. The number of carbonyl (C=O) groups is 1. The molecule has 0 aromatic heterocycles. The monoisotopic (exact) mass is 338 g/mol. The van der Waals surface area contributed by atoms with E-state index in [1.54, 1.807) is 7.11 Å². The number of hydrogen-bond acceptors (Lipinski definition) is 3. The Morgan fingerprint density at radius 1 is 1.30 bits per heavy atom. The zero-order valence-electron chi connectivity index (χ0n) is 13.7. The van der Waals surface area contributed by atoms with Gasteiger partial charge in [-0.25, -0.2) is 0 Å². The van der Waals surface area contributed by atoms with Gasteiger partial charge in [0.15, 0.2) is 0 Å². The van der Waals surface area contributed by atoms with Crippen molar-refractivity contribution in [3.8, 4) is 5.75 Å². The molecule has 2 aliphatic heterocycles. The number of ether oxygens (including phenoxy) is 1. The Bertz CT molecular complexity index is 511. The summed E-state index contributed by atoms with van der Waals surface area (Å²) in [5, 5.41) is 6.69. The third kappa shape index (κ3) is 5.11. The largest absolute Gasteiger partial charge is 0.497 e. The van der Waals surface area contributed by atoms with Crippen molar-refractivity contribution in [3.63, 3.8) is 0 Å². The molecule has 0 radical (unpaired) electrons. The summed E-state index contributed by atoms with van der Waals surface area (Å²) in [5.74, 6) is 1.64. The Morgan fingerprint density at radius 3 is 2.74 bits per heavy atom. The topological polar surface area (TPSA) is 50.4 Å². The first-order valence-electron chi connectivity index (χ1n) is 8.38. The van der Waals surface area contributed by atoms with Gasteiger partial charge in [-0.3, -0.25) is 4.79 Å². The van der Waals surface area contributed by atoms with E-state index in [2.05, 4.69) is 16.7 Å². The average molecular weight is 339 g/mol. The standard InChI is InChI=1S/C18H26N2O2.ClH/c1-22-17-4-2-3-13(11-17)7-8-19-18(21)12-14-9-15-5-6-16(10-14)20-15;/h2-4,11,14-16,20H,5-10,12H2,1H3,(H,19,21);1H. The van der Waals surface area contributed by atoms with Crippen LogP contribution in [-0.2, 0) is 11.2 Å². The van der Waals surface area contributed by atoms with Gasteiger partial charge in [0.25, 0.3) is 0 Å². The maximum Gasteiger partial charge on any atom is 0.220 e. The van der Waals surface area contributed by atoms with Crippen LogP contribution in [-0.4, -0.2) is 31.6 Å². The van der Waals surface area contributed by atoms with E-state index in [9.17, 15) is 4.79 Å². The third-order valence-electron chi connectivity index (χ3n) is 4.91. The van der Waals surface area contributed by atoms with E-state index in [0.29, 0.717) is 31.0 Å². The molecule has 1 aromatic carbocycles. The summed E-state index contributed by atoms with van der Waals surface area (Å²) in [5.41, 5.74) is 1.19. The number of piperidine rings is 1. The quantitative estimate of drug-likeness (QED) is 0.838. The van der Waals surface area contributed by atoms with E-state index in [0.717, 1.165) is 12.2 Å². The highest BCUT2D eigenvalue weighted by Gasteiger charge is 2.33. The normalized spacial score (nSPS) is 25.5. The maximum atomic E-state index is 12.1. The zero-order chi connectivity index (χ0) is 15.4. The van der Waals surface area contributed by atoms with Crippen LogP contribution in [0.4, 0.5) is 0 Å². The lowest BCUT2D eigenvalue weighted by Gasteiger charge is -2.28. The smallest absolute Gasteiger partial charge is 0.220 e. The molecule has 2 heterocycles. The predicted molar refractivity (Wildman–Crippen MR) is 94.2 cm³/mol. The van der Waals surface area contributed by atoms with Crippen LogP contribution >= 0.6 is 12.4 Å². The number of rotatable bonds is 6. The molecule has 1 aromatic rings. The van der Waals surface area contributed by atoms with Crippen LogP contribution in [0.2, 0.25) is 0 Å². The SMILES string of the molecule is COc1cccc(CCNC(=O)CC2CC3CCC(C2)N3)c1.Cl. The van der Waals surface area contributed by atoms with Gasteiger partial charge in [0, 0.05) is 25.0 Å². The molecule has 1 amide bonds. The van der Waals surface area contributed by atoms with Gasteiger partial charge in [0.2, 0.25) is 5.91 Å². The highest BCUT2D eigenvalue weighted by molar-refractivity contribution is 5.85. The molecule has 2 saturated heterocycles. The Kier molecular flexibility index (Phi) is 6.72. The minimum Gasteiger partial charge on any atom is -0.497 e. The van der Waals surface area contributed by atoms with E-state index < -0.39 is 0 Å². The van der Waals surface area contributed by atoms with Gasteiger partial charge in [0.05, 0.1) is 7.11 Å². The first kappa shape index (κ1) is 18.1. The number of halogens is 1. The van der Waals surface area contributed by atoms with Crippen molar-refractivity contribution in [2.45, 2.75) is 50.6 Å². The fourth-order valence-corrected chi connectivity index (χ4v) is 3.85. The van der Waals surface area contributed by atoms with Crippen molar-refractivity contribution in [3.05, 3.63) is 29.8 Å². The number of fused-ring (bicyclic) bond motifs is 2. The number of carbonyl (C=O) groups excluding carboxylic acids is 1. The summed E-state index contributed by atoms with van der Waals surface area (Å²) in [6.45, 7) is 0.698. The molecule has 0 spiro atoms. The lowest BCUT2D eigenvalue weighted by atomic mass is 9.89. The van der Waals surface area contributed by atoms with Gasteiger partial charge in [0.1, 0.15) is 5.75 Å². The second kappa shape index (κ2) is 8.55. The van der Waals surface area contributed by atoms with Crippen molar-refractivity contribution in [2.75, 3.05) is 13.7 Å². The van der Waals surface area contributed by atoms with Gasteiger partial charge in [-0.2, -0.15) is 0 Å². The zero-order valence-corrected chi connectivity index (χ0v) is 14.5. The minimum atomic E-state index is 0. The van der Waals surface area contributed by atoms with Crippen LogP contribution < -0.4 is 15.4 Å². The minimum absolute atomic E-state index is 0. The van der Waals surface area contributed by atoms with Gasteiger partial charge in [-0.05, 0) is 55.7 Å². The maximum absolute atomic E-state index is 12.1. The van der Waals surface area contributed by atoms with Crippen molar-refractivity contribution < 1.29 is 9.53 Å². The second-order valence-electron chi connectivity index (χ2n) is 6.63. The Morgan fingerprint density at radius 2 is 2.04 bits per heavy atom. The second-order valence-corrected chi connectivity index (χ2v) is 6.63. The highest BCUT2D eigenvalue weighted by Crippen LogP contribution is 2.32. The van der Waals surface area contributed by atoms with E-state index in [-0.39, 0.29) is 18.3 Å². The summed E-state index contributed by atoms with van der Waals surface area (Å²) in [4.78, 5) is 12.1. The molecule has 5 heteroatoms. The predicted octanol–water partition coefficient (Wildman–Crippen LogP) is 2.70. The van der Waals surface area contributed by atoms with E-state index in [1.165, 1.54) is 31.2 Å².